The lowest BCUT2D eigenvalue weighted by Gasteiger charge is -2.14. The molecular weight excluding hydrogens is 272 g/mol. The number of benzene rings is 1. The standard InChI is InChI=1S/C14H16N4O3/c1-3-11-6-4-5-7-13(11)16-14(19)10(2)17-9-12(8-15-17)18(20)21/h4-10H,3H2,1-2H3,(H,16,19). The first-order valence-corrected chi connectivity index (χ1v) is 6.60. The van der Waals surface area contributed by atoms with Gasteiger partial charge in [-0.3, -0.25) is 19.6 Å². The van der Waals surface area contributed by atoms with E-state index >= 15 is 0 Å². The molecular formula is C14H16N4O3. The van der Waals surface area contributed by atoms with E-state index in [2.05, 4.69) is 10.4 Å². The van der Waals surface area contributed by atoms with Crippen molar-refractivity contribution in [3.63, 3.8) is 0 Å². The molecule has 1 heterocycles. The summed E-state index contributed by atoms with van der Waals surface area (Å²) in [6, 6.07) is 6.89. The maximum absolute atomic E-state index is 12.2. The Balaban J connectivity index is 2.13. The molecule has 0 aliphatic carbocycles. The van der Waals surface area contributed by atoms with Crippen molar-refractivity contribution in [2.75, 3.05) is 5.32 Å². The van der Waals surface area contributed by atoms with E-state index in [4.69, 9.17) is 0 Å². The quantitative estimate of drug-likeness (QED) is 0.676. The fourth-order valence-electron chi connectivity index (χ4n) is 1.94. The lowest BCUT2D eigenvalue weighted by Crippen LogP contribution is -2.24. The molecule has 21 heavy (non-hydrogen) atoms. The molecule has 7 nitrogen and oxygen atoms in total. The first kappa shape index (κ1) is 14.7. The van der Waals surface area contributed by atoms with Gasteiger partial charge in [0.15, 0.2) is 0 Å². The van der Waals surface area contributed by atoms with Gasteiger partial charge in [0.1, 0.15) is 18.4 Å². The second kappa shape index (κ2) is 6.17. The highest BCUT2D eigenvalue weighted by molar-refractivity contribution is 5.94. The van der Waals surface area contributed by atoms with Crippen LogP contribution in [0.2, 0.25) is 0 Å². The summed E-state index contributed by atoms with van der Waals surface area (Å²) in [6.07, 6.45) is 3.18. The molecule has 0 spiro atoms. The number of nitrogens with zero attached hydrogens (tertiary/aromatic N) is 3. The van der Waals surface area contributed by atoms with Crippen LogP contribution in [-0.2, 0) is 11.2 Å². The highest BCUT2D eigenvalue weighted by Gasteiger charge is 2.19. The van der Waals surface area contributed by atoms with Crippen LogP contribution in [0, 0.1) is 10.1 Å². The molecule has 0 saturated carbocycles. The molecule has 0 aliphatic heterocycles. The Labute approximate surface area is 121 Å². The van der Waals surface area contributed by atoms with Gasteiger partial charge in [0.25, 0.3) is 0 Å². The lowest BCUT2D eigenvalue weighted by molar-refractivity contribution is -0.385. The Morgan fingerprint density at radius 3 is 2.81 bits per heavy atom. The van der Waals surface area contributed by atoms with Crippen molar-refractivity contribution >= 4 is 17.3 Å². The van der Waals surface area contributed by atoms with E-state index in [0.717, 1.165) is 23.9 Å². The number of hydrogen-bond donors (Lipinski definition) is 1. The summed E-state index contributed by atoms with van der Waals surface area (Å²) in [4.78, 5) is 22.3. The van der Waals surface area contributed by atoms with Crippen molar-refractivity contribution in [2.45, 2.75) is 26.3 Å². The second-order valence-corrected chi connectivity index (χ2v) is 4.61. The minimum absolute atomic E-state index is 0.136. The molecule has 2 aromatic rings. The monoisotopic (exact) mass is 288 g/mol. The number of nitro groups is 1. The van der Waals surface area contributed by atoms with Crippen molar-refractivity contribution in [2.24, 2.45) is 0 Å². The Kier molecular flexibility index (Phi) is 4.32. The highest BCUT2D eigenvalue weighted by Crippen LogP contribution is 2.18. The lowest BCUT2D eigenvalue weighted by atomic mass is 10.1. The van der Waals surface area contributed by atoms with E-state index in [1.807, 2.05) is 31.2 Å². The first-order valence-electron chi connectivity index (χ1n) is 6.60. The van der Waals surface area contributed by atoms with Gasteiger partial charge >= 0.3 is 5.69 Å². The summed E-state index contributed by atoms with van der Waals surface area (Å²) < 4.78 is 1.28. The number of para-hydroxylation sites is 1. The van der Waals surface area contributed by atoms with Crippen LogP contribution < -0.4 is 5.32 Å². The van der Waals surface area contributed by atoms with Gasteiger partial charge in [-0.1, -0.05) is 25.1 Å². The van der Waals surface area contributed by atoms with Gasteiger partial charge in [0.05, 0.1) is 4.92 Å². The zero-order valence-electron chi connectivity index (χ0n) is 11.8. The van der Waals surface area contributed by atoms with Gasteiger partial charge in [-0.15, -0.1) is 0 Å². The SMILES string of the molecule is CCc1ccccc1NC(=O)C(C)n1cc([N+](=O)[O-])cn1. The number of carbonyl (C=O) groups is 1. The van der Waals surface area contributed by atoms with Crippen molar-refractivity contribution in [3.05, 3.63) is 52.3 Å². The Hall–Kier alpha value is -2.70. The molecule has 0 aliphatic rings. The number of rotatable bonds is 5. The minimum Gasteiger partial charge on any atom is -0.324 e. The fraction of sp³-hybridized carbons (Fsp3) is 0.286. The molecule has 0 bridgehead atoms. The number of amides is 1. The van der Waals surface area contributed by atoms with Crippen LogP contribution in [0.1, 0.15) is 25.5 Å². The molecule has 2 rings (SSSR count). The third-order valence-electron chi connectivity index (χ3n) is 3.23. The van der Waals surface area contributed by atoms with E-state index in [0.29, 0.717) is 0 Å². The average molecular weight is 288 g/mol. The molecule has 1 amide bonds. The zero-order chi connectivity index (χ0) is 15.4. The summed E-state index contributed by atoms with van der Waals surface area (Å²) in [5.74, 6) is -0.270. The number of anilines is 1. The summed E-state index contributed by atoms with van der Waals surface area (Å²) in [5, 5.41) is 17.3. The molecule has 1 unspecified atom stereocenters. The summed E-state index contributed by atoms with van der Waals surface area (Å²) in [7, 11) is 0. The first-order chi connectivity index (χ1) is 10.0. The second-order valence-electron chi connectivity index (χ2n) is 4.61. The summed E-state index contributed by atoms with van der Waals surface area (Å²) in [5.41, 5.74) is 1.65. The van der Waals surface area contributed by atoms with Crippen LogP contribution in [0.5, 0.6) is 0 Å². The smallest absolute Gasteiger partial charge is 0.307 e. The van der Waals surface area contributed by atoms with Gasteiger partial charge in [0, 0.05) is 5.69 Å². The predicted octanol–water partition coefficient (Wildman–Crippen LogP) is 2.55. The number of aromatic nitrogens is 2. The molecule has 7 heteroatoms. The molecule has 1 N–H and O–H groups in total. The van der Waals surface area contributed by atoms with Crippen molar-refractivity contribution in [1.29, 1.82) is 0 Å². The van der Waals surface area contributed by atoms with E-state index in [1.54, 1.807) is 6.92 Å². The molecule has 1 atom stereocenters. The largest absolute Gasteiger partial charge is 0.324 e. The third-order valence-corrected chi connectivity index (χ3v) is 3.23. The Morgan fingerprint density at radius 1 is 1.48 bits per heavy atom. The Morgan fingerprint density at radius 2 is 2.19 bits per heavy atom. The van der Waals surface area contributed by atoms with Gasteiger partial charge in [0.2, 0.25) is 5.91 Å². The van der Waals surface area contributed by atoms with Crippen LogP contribution >= 0.6 is 0 Å². The number of carbonyl (C=O) groups excluding carboxylic acids is 1. The zero-order valence-corrected chi connectivity index (χ0v) is 11.8. The molecule has 0 saturated heterocycles. The van der Waals surface area contributed by atoms with Crippen LogP contribution in [0.3, 0.4) is 0 Å². The summed E-state index contributed by atoms with van der Waals surface area (Å²) in [6.45, 7) is 3.64. The number of hydrogen-bond acceptors (Lipinski definition) is 4. The maximum Gasteiger partial charge on any atom is 0.307 e. The van der Waals surface area contributed by atoms with Gasteiger partial charge in [-0.05, 0) is 25.0 Å². The van der Waals surface area contributed by atoms with Gasteiger partial charge in [-0.25, -0.2) is 0 Å². The molecule has 1 aromatic heterocycles. The van der Waals surface area contributed by atoms with Crippen LogP contribution in [0.4, 0.5) is 11.4 Å². The van der Waals surface area contributed by atoms with Crippen LogP contribution in [0.25, 0.3) is 0 Å². The van der Waals surface area contributed by atoms with Crippen molar-refractivity contribution in [1.82, 2.24) is 9.78 Å². The van der Waals surface area contributed by atoms with Gasteiger partial charge in [-0.2, -0.15) is 5.10 Å². The van der Waals surface area contributed by atoms with Crippen LogP contribution in [-0.4, -0.2) is 20.6 Å². The van der Waals surface area contributed by atoms with Crippen molar-refractivity contribution < 1.29 is 9.72 Å². The van der Waals surface area contributed by atoms with Gasteiger partial charge < -0.3 is 5.32 Å². The number of aryl methyl sites for hydroxylation is 1. The average Bonchev–Trinajstić information content (AvgIpc) is 2.97. The Bertz CT molecular complexity index is 666. The fourth-order valence-corrected chi connectivity index (χ4v) is 1.94. The molecule has 1 aromatic carbocycles. The van der Waals surface area contributed by atoms with E-state index in [1.165, 1.54) is 10.9 Å². The maximum atomic E-state index is 12.2. The molecule has 0 radical (unpaired) electrons. The van der Waals surface area contributed by atoms with E-state index in [9.17, 15) is 14.9 Å². The summed E-state index contributed by atoms with van der Waals surface area (Å²) >= 11 is 0. The van der Waals surface area contributed by atoms with E-state index < -0.39 is 11.0 Å². The predicted molar refractivity (Wildman–Crippen MR) is 78.0 cm³/mol. The number of nitrogens with one attached hydrogen (secondary N) is 1. The topological polar surface area (TPSA) is 90.1 Å². The highest BCUT2D eigenvalue weighted by atomic mass is 16.6. The van der Waals surface area contributed by atoms with Crippen LogP contribution in [0.15, 0.2) is 36.7 Å². The normalized spacial score (nSPS) is 11.9. The minimum atomic E-state index is -0.636. The molecule has 0 fully saturated rings. The van der Waals surface area contributed by atoms with E-state index in [-0.39, 0.29) is 11.6 Å². The molecule has 110 valence electrons. The van der Waals surface area contributed by atoms with Crippen molar-refractivity contribution in [3.8, 4) is 0 Å². The third kappa shape index (κ3) is 3.25.